The van der Waals surface area contributed by atoms with E-state index in [0.717, 1.165) is 31.2 Å². The Bertz CT molecular complexity index is 765. The van der Waals surface area contributed by atoms with Crippen LogP contribution in [0, 0.1) is 5.92 Å². The van der Waals surface area contributed by atoms with Gasteiger partial charge in [0.25, 0.3) is 0 Å². The highest BCUT2D eigenvalue weighted by Gasteiger charge is 2.45. The highest BCUT2D eigenvalue weighted by molar-refractivity contribution is 6.30. The van der Waals surface area contributed by atoms with Crippen LogP contribution in [0.5, 0.6) is 0 Å². The number of likely N-dealkylation sites (tertiary alicyclic amines) is 1. The fraction of sp³-hybridized carbons (Fsp3) is 0.500. The average Bonchev–Trinajstić information content (AvgIpc) is 3.21. The molecule has 1 aliphatic carbocycles. The number of halogens is 2. The molecule has 2 aromatic rings. The van der Waals surface area contributed by atoms with Crippen molar-refractivity contribution in [1.29, 1.82) is 0 Å². The third-order valence-corrected chi connectivity index (χ3v) is 5.65. The maximum atomic E-state index is 11.7. The minimum atomic E-state index is -0.758. The van der Waals surface area contributed by atoms with Gasteiger partial charge in [-0.15, -0.1) is 12.4 Å². The van der Waals surface area contributed by atoms with Crippen molar-refractivity contribution >= 4 is 30.0 Å². The lowest BCUT2D eigenvalue weighted by Gasteiger charge is -2.31. The molecule has 140 valence electrons. The van der Waals surface area contributed by atoms with Gasteiger partial charge in [0.2, 0.25) is 11.7 Å². The molecule has 1 aromatic heterocycles. The van der Waals surface area contributed by atoms with Gasteiger partial charge in [-0.05, 0) is 49.4 Å². The Morgan fingerprint density at radius 2 is 2.00 bits per heavy atom. The molecule has 1 N–H and O–H groups in total. The molecular formula is C18H21Cl2N3O3. The lowest BCUT2D eigenvalue weighted by molar-refractivity contribution is -0.143. The van der Waals surface area contributed by atoms with Crippen LogP contribution in [0.1, 0.15) is 38.0 Å². The molecule has 2 aliphatic rings. The molecular weight excluding hydrogens is 377 g/mol. The number of fused-ring (bicyclic) bond motifs is 1. The summed E-state index contributed by atoms with van der Waals surface area (Å²) in [5.74, 6) is 0.667. The summed E-state index contributed by atoms with van der Waals surface area (Å²) in [6, 6.07) is 7.08. The molecule has 0 bridgehead atoms. The van der Waals surface area contributed by atoms with Crippen molar-refractivity contribution in [2.24, 2.45) is 5.92 Å². The molecule has 2 heterocycles. The van der Waals surface area contributed by atoms with E-state index in [4.69, 9.17) is 16.1 Å². The highest BCUT2D eigenvalue weighted by Crippen LogP contribution is 2.40. The maximum absolute atomic E-state index is 11.7. The van der Waals surface area contributed by atoms with Crippen LogP contribution >= 0.6 is 24.0 Å². The Morgan fingerprint density at radius 3 is 2.73 bits per heavy atom. The van der Waals surface area contributed by atoms with Crippen LogP contribution in [0.15, 0.2) is 28.8 Å². The second-order valence-corrected chi connectivity index (χ2v) is 7.33. The van der Waals surface area contributed by atoms with E-state index >= 15 is 0 Å². The minimum Gasteiger partial charge on any atom is -0.480 e. The number of carboxylic acid groups (broad SMARTS) is 1. The first-order chi connectivity index (χ1) is 12.1. The SMILES string of the molecule is Cl.O=C(O)C1CC2CCCCC2N1Cc1nc(-c2ccc(Cl)cc2)no1. The summed E-state index contributed by atoms with van der Waals surface area (Å²) in [5, 5.41) is 14.3. The Kier molecular flexibility index (Phi) is 5.85. The van der Waals surface area contributed by atoms with Gasteiger partial charge in [-0.1, -0.05) is 29.6 Å². The zero-order chi connectivity index (χ0) is 17.4. The Morgan fingerprint density at radius 1 is 1.27 bits per heavy atom. The number of hydrogen-bond donors (Lipinski definition) is 1. The highest BCUT2D eigenvalue weighted by atomic mass is 35.5. The van der Waals surface area contributed by atoms with Gasteiger partial charge < -0.3 is 9.63 Å². The minimum absolute atomic E-state index is 0. The molecule has 1 saturated heterocycles. The third kappa shape index (κ3) is 3.72. The predicted octanol–water partition coefficient (Wildman–Crippen LogP) is 4.03. The quantitative estimate of drug-likeness (QED) is 0.838. The van der Waals surface area contributed by atoms with Crippen molar-refractivity contribution in [3.63, 3.8) is 0 Å². The van der Waals surface area contributed by atoms with Gasteiger partial charge in [-0.2, -0.15) is 4.98 Å². The summed E-state index contributed by atoms with van der Waals surface area (Å²) in [6.45, 7) is 0.388. The maximum Gasteiger partial charge on any atom is 0.320 e. The molecule has 3 unspecified atom stereocenters. The standard InChI is InChI=1S/C18H20ClN3O3.ClH/c19-13-7-5-11(6-8-13)17-20-16(25-21-17)10-22-14-4-2-1-3-12(14)9-15(22)18(23)24;/h5-8,12,14-15H,1-4,9-10H2,(H,23,24);1H. The first-order valence-electron chi connectivity index (χ1n) is 8.69. The normalized spacial score (nSPS) is 25.5. The van der Waals surface area contributed by atoms with E-state index in [1.165, 1.54) is 6.42 Å². The molecule has 4 rings (SSSR count). The summed E-state index contributed by atoms with van der Waals surface area (Å²) < 4.78 is 5.39. The number of aliphatic carboxylic acids is 1. The molecule has 1 saturated carbocycles. The fourth-order valence-corrected chi connectivity index (χ4v) is 4.34. The number of hydrogen-bond acceptors (Lipinski definition) is 5. The molecule has 26 heavy (non-hydrogen) atoms. The van der Waals surface area contributed by atoms with Crippen molar-refractivity contribution < 1.29 is 14.4 Å². The molecule has 6 nitrogen and oxygen atoms in total. The van der Waals surface area contributed by atoms with Crippen LogP contribution < -0.4 is 0 Å². The second-order valence-electron chi connectivity index (χ2n) is 6.89. The van der Waals surface area contributed by atoms with Gasteiger partial charge in [-0.3, -0.25) is 9.69 Å². The molecule has 8 heteroatoms. The molecule has 0 radical (unpaired) electrons. The van der Waals surface area contributed by atoms with Crippen LogP contribution in [0.2, 0.25) is 5.02 Å². The van der Waals surface area contributed by atoms with E-state index in [2.05, 4.69) is 10.1 Å². The van der Waals surface area contributed by atoms with Gasteiger partial charge in [0.1, 0.15) is 6.04 Å². The van der Waals surface area contributed by atoms with Crippen LogP contribution in [0.4, 0.5) is 0 Å². The van der Waals surface area contributed by atoms with Crippen molar-refractivity contribution in [1.82, 2.24) is 15.0 Å². The lowest BCUT2D eigenvalue weighted by Crippen LogP contribution is -2.41. The van der Waals surface area contributed by atoms with Gasteiger partial charge >= 0.3 is 5.97 Å². The monoisotopic (exact) mass is 397 g/mol. The summed E-state index contributed by atoms with van der Waals surface area (Å²) in [5.41, 5.74) is 0.825. The van der Waals surface area contributed by atoms with E-state index in [-0.39, 0.29) is 12.4 Å². The number of carbonyl (C=O) groups is 1. The third-order valence-electron chi connectivity index (χ3n) is 5.39. The van der Waals surface area contributed by atoms with E-state index in [1.807, 2.05) is 17.0 Å². The smallest absolute Gasteiger partial charge is 0.320 e. The summed E-state index contributed by atoms with van der Waals surface area (Å²) in [4.78, 5) is 18.2. The van der Waals surface area contributed by atoms with Crippen molar-refractivity contribution in [3.8, 4) is 11.4 Å². The Labute approximate surface area is 162 Å². The average molecular weight is 398 g/mol. The van der Waals surface area contributed by atoms with Gasteiger partial charge in [0.15, 0.2) is 0 Å². The first-order valence-corrected chi connectivity index (χ1v) is 9.06. The van der Waals surface area contributed by atoms with Crippen LogP contribution in [-0.2, 0) is 11.3 Å². The molecule has 3 atom stereocenters. The first kappa shape index (κ1) is 19.1. The molecule has 1 aliphatic heterocycles. The van der Waals surface area contributed by atoms with Crippen LogP contribution in [0.3, 0.4) is 0 Å². The zero-order valence-corrected chi connectivity index (χ0v) is 15.7. The number of nitrogens with zero attached hydrogens (tertiary/aromatic N) is 3. The molecule has 0 spiro atoms. The van der Waals surface area contributed by atoms with Gasteiger partial charge in [-0.25, -0.2) is 0 Å². The summed E-state index contributed by atoms with van der Waals surface area (Å²) >= 11 is 5.90. The van der Waals surface area contributed by atoms with Crippen molar-refractivity contribution in [3.05, 3.63) is 35.2 Å². The van der Waals surface area contributed by atoms with Crippen LogP contribution in [0.25, 0.3) is 11.4 Å². The van der Waals surface area contributed by atoms with Gasteiger partial charge in [0, 0.05) is 16.6 Å². The number of aromatic nitrogens is 2. The summed E-state index contributed by atoms with van der Waals surface area (Å²) in [6.07, 6.45) is 5.24. The molecule has 1 aromatic carbocycles. The molecule has 0 amide bonds. The van der Waals surface area contributed by atoms with Crippen molar-refractivity contribution in [2.45, 2.75) is 50.7 Å². The fourth-order valence-electron chi connectivity index (χ4n) is 4.21. The molecule has 2 fully saturated rings. The number of carboxylic acids is 1. The summed E-state index contributed by atoms with van der Waals surface area (Å²) in [7, 11) is 0. The van der Waals surface area contributed by atoms with E-state index < -0.39 is 12.0 Å². The number of rotatable bonds is 4. The van der Waals surface area contributed by atoms with E-state index in [1.54, 1.807) is 12.1 Å². The van der Waals surface area contributed by atoms with Gasteiger partial charge in [0.05, 0.1) is 6.54 Å². The van der Waals surface area contributed by atoms with E-state index in [0.29, 0.717) is 35.2 Å². The predicted molar refractivity (Wildman–Crippen MR) is 99.3 cm³/mol. The van der Waals surface area contributed by atoms with Crippen molar-refractivity contribution in [2.75, 3.05) is 0 Å². The topological polar surface area (TPSA) is 79.5 Å². The Hall–Kier alpha value is -1.63. The second kappa shape index (κ2) is 7.94. The van der Waals surface area contributed by atoms with E-state index in [9.17, 15) is 9.90 Å². The number of benzene rings is 1. The van der Waals surface area contributed by atoms with Crippen LogP contribution in [-0.4, -0.2) is 38.2 Å². The zero-order valence-electron chi connectivity index (χ0n) is 14.2. The lowest BCUT2D eigenvalue weighted by atomic mass is 9.85. The Balaban J connectivity index is 0.00000196. The largest absolute Gasteiger partial charge is 0.480 e.